The number of para-hydroxylation sites is 1. The molecule has 1 aliphatic rings. The van der Waals surface area contributed by atoms with Gasteiger partial charge in [0.25, 0.3) is 9.05 Å². The molecule has 0 radical (unpaired) electrons. The number of carbonyl (C=O) groups is 2. The third-order valence-corrected chi connectivity index (χ3v) is 4.62. The van der Waals surface area contributed by atoms with E-state index in [1.54, 1.807) is 6.07 Å². The van der Waals surface area contributed by atoms with Gasteiger partial charge in [-0.1, -0.05) is 12.1 Å². The maximum Gasteiger partial charge on any atom is 0.355 e. The fourth-order valence-electron chi connectivity index (χ4n) is 2.22. The summed E-state index contributed by atoms with van der Waals surface area (Å²) in [7, 11) is 3.65. The van der Waals surface area contributed by atoms with Crippen LogP contribution in [-0.2, 0) is 32.9 Å². The maximum atomic E-state index is 12.2. The first-order valence-corrected chi connectivity index (χ1v) is 8.91. The van der Waals surface area contributed by atoms with Crippen LogP contribution in [0.1, 0.15) is 0 Å². The third kappa shape index (κ3) is 3.53. The van der Waals surface area contributed by atoms with Crippen molar-refractivity contribution >= 4 is 37.4 Å². The molecule has 1 aromatic rings. The van der Waals surface area contributed by atoms with Crippen molar-refractivity contribution in [3.8, 4) is 0 Å². The van der Waals surface area contributed by atoms with Gasteiger partial charge in [-0.15, -0.1) is 0 Å². The fraction of sp³-hybridized carbons (Fsp3) is 0.286. The molecule has 0 unspecified atom stereocenters. The zero-order valence-electron chi connectivity index (χ0n) is 12.8. The quantitative estimate of drug-likeness (QED) is 0.568. The van der Waals surface area contributed by atoms with Gasteiger partial charge >= 0.3 is 11.9 Å². The molecule has 1 aliphatic heterocycles. The summed E-state index contributed by atoms with van der Waals surface area (Å²) in [4.78, 5) is 25.1. The number of ether oxygens (including phenoxy) is 3. The Labute approximate surface area is 143 Å². The van der Waals surface area contributed by atoms with E-state index in [9.17, 15) is 18.0 Å². The molecule has 2 rings (SSSR count). The van der Waals surface area contributed by atoms with E-state index in [2.05, 4.69) is 4.74 Å². The van der Waals surface area contributed by atoms with Gasteiger partial charge in [-0.25, -0.2) is 18.0 Å². The molecule has 1 aromatic carbocycles. The van der Waals surface area contributed by atoms with E-state index < -0.39 is 21.0 Å². The van der Waals surface area contributed by atoms with E-state index >= 15 is 0 Å². The monoisotopic (exact) mass is 375 g/mol. The van der Waals surface area contributed by atoms with Crippen LogP contribution in [0.5, 0.6) is 0 Å². The van der Waals surface area contributed by atoms with Crippen LogP contribution in [0.2, 0.25) is 0 Å². The summed E-state index contributed by atoms with van der Waals surface area (Å²) in [5.74, 6) is -1.62. The lowest BCUT2D eigenvalue weighted by atomic mass is 10.1. The molecule has 0 aromatic heterocycles. The zero-order valence-corrected chi connectivity index (χ0v) is 14.4. The third-order valence-electron chi connectivity index (χ3n) is 3.25. The van der Waals surface area contributed by atoms with Crippen LogP contribution in [-0.4, -0.2) is 47.9 Å². The molecule has 0 atom stereocenters. The number of halogens is 1. The summed E-state index contributed by atoms with van der Waals surface area (Å²) in [6.45, 7) is -0.349. The van der Waals surface area contributed by atoms with Gasteiger partial charge in [0.05, 0.1) is 32.1 Å². The van der Waals surface area contributed by atoms with Crippen LogP contribution in [0, 0.1) is 0 Å². The smallest absolute Gasteiger partial charge is 0.355 e. The first kappa shape index (κ1) is 18.2. The second kappa shape index (κ2) is 7.20. The first-order valence-electron chi connectivity index (χ1n) is 6.60. The second-order valence-corrected chi connectivity index (χ2v) is 7.16. The van der Waals surface area contributed by atoms with Crippen molar-refractivity contribution in [1.29, 1.82) is 0 Å². The molecular formula is C14H14ClNO7S. The Morgan fingerprint density at radius 2 is 1.79 bits per heavy atom. The number of nitrogens with zero attached hydrogens (tertiary/aromatic N) is 1. The molecular weight excluding hydrogens is 362 g/mol. The van der Waals surface area contributed by atoms with Gasteiger partial charge in [-0.05, 0) is 12.1 Å². The van der Waals surface area contributed by atoms with E-state index in [0.29, 0.717) is 0 Å². The lowest BCUT2D eigenvalue weighted by Gasteiger charge is -2.32. The van der Waals surface area contributed by atoms with Crippen molar-refractivity contribution in [3.63, 3.8) is 0 Å². The van der Waals surface area contributed by atoms with Crippen molar-refractivity contribution in [3.05, 3.63) is 35.5 Å². The van der Waals surface area contributed by atoms with E-state index in [1.165, 1.54) is 23.1 Å². The van der Waals surface area contributed by atoms with Crippen molar-refractivity contribution in [2.75, 3.05) is 32.5 Å². The Kier molecular flexibility index (Phi) is 5.47. The average molecular weight is 376 g/mol. The number of hydrogen-bond acceptors (Lipinski definition) is 8. The fourth-order valence-corrected chi connectivity index (χ4v) is 3.28. The first-order chi connectivity index (χ1) is 11.3. The molecule has 0 aliphatic carbocycles. The van der Waals surface area contributed by atoms with Crippen molar-refractivity contribution in [2.45, 2.75) is 4.90 Å². The highest BCUT2D eigenvalue weighted by molar-refractivity contribution is 8.13. The predicted molar refractivity (Wildman–Crippen MR) is 83.8 cm³/mol. The number of carbonyl (C=O) groups excluding carboxylic acids is 2. The number of hydrogen-bond donors (Lipinski definition) is 0. The molecule has 10 heteroatoms. The summed E-state index contributed by atoms with van der Waals surface area (Å²) >= 11 is 0. The number of anilines is 1. The van der Waals surface area contributed by atoms with Gasteiger partial charge in [-0.2, -0.15) is 0 Å². The number of rotatable bonds is 4. The lowest BCUT2D eigenvalue weighted by Crippen LogP contribution is -2.39. The highest BCUT2D eigenvalue weighted by Crippen LogP contribution is 2.33. The Bertz CT molecular complexity index is 803. The average Bonchev–Trinajstić information content (AvgIpc) is 2.58. The van der Waals surface area contributed by atoms with Crippen LogP contribution < -0.4 is 4.90 Å². The summed E-state index contributed by atoms with van der Waals surface area (Å²) in [5.41, 5.74) is -0.172. The summed E-state index contributed by atoms with van der Waals surface area (Å²) in [6.07, 6.45) is 0. The van der Waals surface area contributed by atoms with Crippen LogP contribution in [0.25, 0.3) is 0 Å². The molecule has 130 valence electrons. The Morgan fingerprint density at radius 1 is 1.17 bits per heavy atom. The summed E-state index contributed by atoms with van der Waals surface area (Å²) < 4.78 is 38.2. The van der Waals surface area contributed by atoms with E-state index in [4.69, 9.17) is 20.2 Å². The second-order valence-electron chi connectivity index (χ2n) is 4.62. The van der Waals surface area contributed by atoms with E-state index in [1.807, 2.05) is 0 Å². The number of esters is 2. The molecule has 0 amide bonds. The van der Waals surface area contributed by atoms with Crippen LogP contribution >= 0.6 is 10.7 Å². The van der Waals surface area contributed by atoms with Crippen molar-refractivity contribution < 1.29 is 32.2 Å². The SMILES string of the molecule is COC(=O)C1=C(C(=O)OC)N(c2ccccc2S(=O)(=O)Cl)COC1. The van der Waals surface area contributed by atoms with Gasteiger partial charge < -0.3 is 19.1 Å². The van der Waals surface area contributed by atoms with Crippen LogP contribution in [0.4, 0.5) is 5.69 Å². The Hall–Kier alpha value is -2.10. The molecule has 0 N–H and O–H groups in total. The van der Waals surface area contributed by atoms with E-state index in [0.717, 1.165) is 14.2 Å². The highest BCUT2D eigenvalue weighted by atomic mass is 35.7. The topological polar surface area (TPSA) is 99.2 Å². The Balaban J connectivity index is 2.69. The number of methoxy groups -OCH3 is 2. The molecule has 24 heavy (non-hydrogen) atoms. The van der Waals surface area contributed by atoms with Gasteiger partial charge in [0.1, 0.15) is 17.3 Å². The number of benzene rings is 1. The minimum atomic E-state index is -4.10. The molecule has 1 heterocycles. The van der Waals surface area contributed by atoms with Crippen LogP contribution in [0.3, 0.4) is 0 Å². The van der Waals surface area contributed by atoms with Gasteiger partial charge in [0.2, 0.25) is 0 Å². The van der Waals surface area contributed by atoms with E-state index in [-0.39, 0.29) is 35.2 Å². The van der Waals surface area contributed by atoms with Gasteiger partial charge in [-0.3, -0.25) is 0 Å². The largest absolute Gasteiger partial charge is 0.466 e. The summed E-state index contributed by atoms with van der Waals surface area (Å²) in [5, 5.41) is 0. The standard InChI is InChI=1S/C14H14ClNO7S/c1-21-13(17)9-7-23-8-16(12(9)14(18)22-2)10-5-3-4-6-11(10)24(15,19)20/h3-6H,7-8H2,1-2H3. The summed E-state index contributed by atoms with van der Waals surface area (Å²) in [6, 6.07) is 5.75. The molecule has 0 fully saturated rings. The molecule has 0 bridgehead atoms. The van der Waals surface area contributed by atoms with Crippen molar-refractivity contribution in [2.24, 2.45) is 0 Å². The maximum absolute atomic E-state index is 12.2. The van der Waals surface area contributed by atoms with Gasteiger partial charge in [0, 0.05) is 10.7 Å². The molecule has 0 saturated heterocycles. The molecule has 8 nitrogen and oxygen atoms in total. The normalized spacial score (nSPS) is 15.2. The molecule has 0 spiro atoms. The minimum absolute atomic E-state index is 0.0778. The molecule has 0 saturated carbocycles. The predicted octanol–water partition coefficient (Wildman–Crippen LogP) is 1.01. The highest BCUT2D eigenvalue weighted by Gasteiger charge is 2.34. The lowest BCUT2D eigenvalue weighted by molar-refractivity contribution is -0.140. The minimum Gasteiger partial charge on any atom is -0.466 e. The van der Waals surface area contributed by atoms with Crippen LogP contribution in [0.15, 0.2) is 40.4 Å². The van der Waals surface area contributed by atoms with Crippen molar-refractivity contribution in [1.82, 2.24) is 0 Å². The Morgan fingerprint density at radius 3 is 2.38 bits per heavy atom. The zero-order chi connectivity index (χ0) is 17.9. The van der Waals surface area contributed by atoms with Gasteiger partial charge in [0.15, 0.2) is 0 Å².